The topological polar surface area (TPSA) is 87.9 Å². The van der Waals surface area contributed by atoms with Crippen LogP contribution in [0.15, 0.2) is 0 Å². The van der Waals surface area contributed by atoms with Gasteiger partial charge in [-0.25, -0.2) is 0 Å². The van der Waals surface area contributed by atoms with E-state index >= 15 is 0 Å². The molecule has 1 saturated heterocycles. The van der Waals surface area contributed by atoms with Gasteiger partial charge in [0.25, 0.3) is 0 Å². The van der Waals surface area contributed by atoms with Crippen molar-refractivity contribution in [2.24, 2.45) is 11.7 Å². The number of hydrogen-bond donors (Lipinski definition) is 1. The van der Waals surface area contributed by atoms with E-state index in [1.165, 1.54) is 0 Å². The summed E-state index contributed by atoms with van der Waals surface area (Å²) in [5.41, 5.74) is 5.61. The van der Waals surface area contributed by atoms with E-state index in [9.17, 15) is 9.59 Å². The summed E-state index contributed by atoms with van der Waals surface area (Å²) in [6.07, 6.45) is -0.755. The van der Waals surface area contributed by atoms with E-state index in [-0.39, 0.29) is 18.5 Å². The van der Waals surface area contributed by atoms with Crippen LogP contribution in [-0.4, -0.2) is 43.4 Å². The van der Waals surface area contributed by atoms with E-state index in [1.807, 2.05) is 0 Å². The number of carbonyl (C=O) groups excluding carboxylic acids is 2. The highest BCUT2D eigenvalue weighted by Crippen LogP contribution is 2.12. The Bertz CT molecular complexity index is 305. The molecule has 2 N–H and O–H groups in total. The van der Waals surface area contributed by atoms with Gasteiger partial charge in [0, 0.05) is 6.61 Å². The average Bonchev–Trinajstić information content (AvgIpc) is 2.35. The zero-order chi connectivity index (χ0) is 13.7. The maximum Gasteiger partial charge on any atom is 0.323 e. The molecule has 18 heavy (non-hydrogen) atoms. The Morgan fingerprint density at radius 1 is 1.50 bits per heavy atom. The minimum absolute atomic E-state index is 0.208. The fraction of sp³-hybridized carbons (Fsp3) is 0.833. The second kappa shape index (κ2) is 6.70. The van der Waals surface area contributed by atoms with E-state index in [4.69, 9.17) is 19.9 Å². The zero-order valence-electron chi connectivity index (χ0n) is 11.0. The minimum Gasteiger partial charge on any atom is -0.457 e. The SMILES string of the molecule is CC(C)C(=O)O[C@@H]1COCC[C@H](N)C(=O)O[C@H]1C. The maximum absolute atomic E-state index is 11.6. The molecule has 3 atom stereocenters. The van der Waals surface area contributed by atoms with Crippen molar-refractivity contribution in [1.29, 1.82) is 0 Å². The molecule has 1 heterocycles. The van der Waals surface area contributed by atoms with Crippen LogP contribution in [0, 0.1) is 5.92 Å². The third-order valence-electron chi connectivity index (χ3n) is 2.72. The lowest BCUT2D eigenvalue weighted by molar-refractivity contribution is -0.172. The highest BCUT2D eigenvalue weighted by atomic mass is 16.6. The summed E-state index contributed by atoms with van der Waals surface area (Å²) >= 11 is 0. The first-order valence-electron chi connectivity index (χ1n) is 6.16. The number of carbonyl (C=O) groups is 2. The van der Waals surface area contributed by atoms with Gasteiger partial charge in [-0.2, -0.15) is 0 Å². The smallest absolute Gasteiger partial charge is 0.323 e. The Morgan fingerprint density at radius 3 is 2.78 bits per heavy atom. The normalized spacial score (nSPS) is 30.1. The summed E-state index contributed by atoms with van der Waals surface area (Å²) in [7, 11) is 0. The molecule has 0 amide bonds. The molecular formula is C12H21NO5. The second-order valence-corrected chi connectivity index (χ2v) is 4.74. The lowest BCUT2D eigenvalue weighted by Crippen LogP contribution is -2.40. The Labute approximate surface area is 107 Å². The molecule has 0 unspecified atom stereocenters. The van der Waals surface area contributed by atoms with Crippen LogP contribution in [0.1, 0.15) is 27.2 Å². The van der Waals surface area contributed by atoms with Crippen molar-refractivity contribution in [2.75, 3.05) is 13.2 Å². The average molecular weight is 259 g/mol. The second-order valence-electron chi connectivity index (χ2n) is 4.74. The summed E-state index contributed by atoms with van der Waals surface area (Å²) in [6.45, 7) is 5.70. The van der Waals surface area contributed by atoms with Gasteiger partial charge >= 0.3 is 11.9 Å². The molecule has 0 saturated carbocycles. The van der Waals surface area contributed by atoms with Crippen LogP contribution < -0.4 is 5.73 Å². The molecule has 1 fully saturated rings. The molecule has 1 aliphatic rings. The van der Waals surface area contributed by atoms with Crippen molar-refractivity contribution in [1.82, 2.24) is 0 Å². The number of hydrogen-bond acceptors (Lipinski definition) is 6. The standard InChI is InChI=1S/C12H21NO5/c1-7(2)11(14)18-10-6-16-5-4-9(13)12(15)17-8(10)3/h7-10H,4-6,13H2,1-3H3/t8-,9-,10+/m0/s1. The van der Waals surface area contributed by atoms with Crippen LogP contribution in [-0.2, 0) is 23.8 Å². The number of cyclic esters (lactones) is 1. The molecule has 0 bridgehead atoms. The first-order chi connectivity index (χ1) is 8.41. The van der Waals surface area contributed by atoms with E-state index in [1.54, 1.807) is 20.8 Å². The molecule has 1 rings (SSSR count). The highest BCUT2D eigenvalue weighted by molar-refractivity contribution is 5.75. The van der Waals surface area contributed by atoms with Crippen LogP contribution in [0.25, 0.3) is 0 Å². The van der Waals surface area contributed by atoms with Gasteiger partial charge in [0.05, 0.1) is 12.5 Å². The van der Waals surface area contributed by atoms with Gasteiger partial charge < -0.3 is 19.9 Å². The molecule has 0 spiro atoms. The summed E-state index contributed by atoms with van der Waals surface area (Å²) in [4.78, 5) is 23.1. The van der Waals surface area contributed by atoms with E-state index in [0.29, 0.717) is 13.0 Å². The summed E-state index contributed by atoms with van der Waals surface area (Å²) in [6, 6.07) is -0.688. The van der Waals surface area contributed by atoms with Gasteiger partial charge in [-0.3, -0.25) is 9.59 Å². The molecule has 6 heteroatoms. The summed E-state index contributed by atoms with van der Waals surface area (Å²) in [5.74, 6) is -1.06. The van der Waals surface area contributed by atoms with Gasteiger partial charge in [0.15, 0.2) is 6.10 Å². The van der Waals surface area contributed by atoms with Gasteiger partial charge in [-0.15, -0.1) is 0 Å². The van der Waals surface area contributed by atoms with E-state index in [2.05, 4.69) is 0 Å². The largest absolute Gasteiger partial charge is 0.457 e. The molecule has 1 aliphatic heterocycles. The van der Waals surface area contributed by atoms with Crippen molar-refractivity contribution < 1.29 is 23.8 Å². The predicted molar refractivity (Wildman–Crippen MR) is 63.7 cm³/mol. The number of nitrogens with two attached hydrogens (primary N) is 1. The third-order valence-corrected chi connectivity index (χ3v) is 2.72. The maximum atomic E-state index is 11.6. The number of esters is 2. The van der Waals surface area contributed by atoms with E-state index < -0.39 is 24.2 Å². The number of ether oxygens (including phenoxy) is 3. The molecular weight excluding hydrogens is 238 g/mol. The quantitative estimate of drug-likeness (QED) is 0.714. The van der Waals surface area contributed by atoms with Crippen LogP contribution in [0.2, 0.25) is 0 Å². The Morgan fingerprint density at radius 2 is 2.17 bits per heavy atom. The number of rotatable bonds is 2. The van der Waals surface area contributed by atoms with Crippen molar-refractivity contribution in [2.45, 2.75) is 45.4 Å². The van der Waals surface area contributed by atoms with Gasteiger partial charge in [0.1, 0.15) is 12.1 Å². The Balaban J connectivity index is 2.65. The van der Waals surface area contributed by atoms with Crippen LogP contribution in [0.5, 0.6) is 0 Å². The fourth-order valence-electron chi connectivity index (χ4n) is 1.42. The van der Waals surface area contributed by atoms with Gasteiger partial charge in [-0.1, -0.05) is 13.8 Å². The fourth-order valence-corrected chi connectivity index (χ4v) is 1.42. The molecule has 0 aliphatic carbocycles. The molecule has 0 aromatic rings. The predicted octanol–water partition coefficient (Wildman–Crippen LogP) is 0.234. The lowest BCUT2D eigenvalue weighted by Gasteiger charge is -2.24. The molecule has 0 aromatic heterocycles. The van der Waals surface area contributed by atoms with Crippen LogP contribution >= 0.6 is 0 Å². The Hall–Kier alpha value is -1.14. The summed E-state index contributed by atoms with van der Waals surface area (Å²) in [5, 5.41) is 0. The van der Waals surface area contributed by atoms with Crippen LogP contribution in [0.3, 0.4) is 0 Å². The van der Waals surface area contributed by atoms with Crippen molar-refractivity contribution >= 4 is 11.9 Å². The van der Waals surface area contributed by atoms with E-state index in [0.717, 1.165) is 0 Å². The first kappa shape index (κ1) is 14.9. The summed E-state index contributed by atoms with van der Waals surface area (Å²) < 4.78 is 15.8. The van der Waals surface area contributed by atoms with Crippen LogP contribution in [0.4, 0.5) is 0 Å². The molecule has 0 aromatic carbocycles. The zero-order valence-corrected chi connectivity index (χ0v) is 11.0. The van der Waals surface area contributed by atoms with Gasteiger partial charge in [0.2, 0.25) is 0 Å². The Kier molecular flexibility index (Phi) is 5.55. The van der Waals surface area contributed by atoms with Crippen molar-refractivity contribution in [3.63, 3.8) is 0 Å². The van der Waals surface area contributed by atoms with Crippen molar-refractivity contribution in [3.05, 3.63) is 0 Å². The third kappa shape index (κ3) is 4.27. The monoisotopic (exact) mass is 259 g/mol. The minimum atomic E-state index is -0.688. The van der Waals surface area contributed by atoms with Crippen molar-refractivity contribution in [3.8, 4) is 0 Å². The molecule has 0 radical (unpaired) electrons. The molecule has 6 nitrogen and oxygen atoms in total. The lowest BCUT2D eigenvalue weighted by atomic mass is 10.2. The highest BCUT2D eigenvalue weighted by Gasteiger charge is 2.29. The first-order valence-corrected chi connectivity index (χ1v) is 6.16. The van der Waals surface area contributed by atoms with Gasteiger partial charge in [-0.05, 0) is 13.3 Å². The molecule has 104 valence electrons.